The largest absolute Gasteiger partial charge is 0.481 e. The van der Waals surface area contributed by atoms with Crippen LogP contribution in [0.2, 0.25) is 0 Å². The van der Waals surface area contributed by atoms with Crippen LogP contribution in [0.1, 0.15) is 38.7 Å². The van der Waals surface area contributed by atoms with Crippen LogP contribution in [0.25, 0.3) is 0 Å². The van der Waals surface area contributed by atoms with Gasteiger partial charge in [0, 0.05) is 18.8 Å². The number of alkyl halides is 3. The molecule has 0 aliphatic rings. The maximum absolute atomic E-state index is 12.6. The third-order valence-electron chi connectivity index (χ3n) is 3.34. The van der Waals surface area contributed by atoms with E-state index in [-0.39, 0.29) is 6.54 Å². The van der Waals surface area contributed by atoms with Crippen LogP contribution in [0.15, 0.2) is 23.1 Å². The van der Waals surface area contributed by atoms with Crippen molar-refractivity contribution >= 4 is 5.97 Å². The highest BCUT2D eigenvalue weighted by molar-refractivity contribution is 5.73. The van der Waals surface area contributed by atoms with Crippen molar-refractivity contribution in [3.63, 3.8) is 0 Å². The third kappa shape index (κ3) is 4.91. The van der Waals surface area contributed by atoms with E-state index in [4.69, 9.17) is 5.11 Å². The number of aryl methyl sites for hydroxylation is 1. The number of carboxylic acids is 1. The van der Waals surface area contributed by atoms with E-state index < -0.39 is 28.7 Å². The van der Waals surface area contributed by atoms with E-state index in [1.807, 2.05) is 0 Å². The Bertz CT molecular complexity index is 561. The number of pyridine rings is 1. The molecule has 4 nitrogen and oxygen atoms in total. The number of rotatable bonds is 6. The van der Waals surface area contributed by atoms with E-state index in [0.717, 1.165) is 22.9 Å². The third-order valence-corrected chi connectivity index (χ3v) is 3.34. The Balaban J connectivity index is 2.64. The summed E-state index contributed by atoms with van der Waals surface area (Å²) in [5.74, 6) is -0.918. The Morgan fingerprint density at radius 1 is 1.24 bits per heavy atom. The summed E-state index contributed by atoms with van der Waals surface area (Å²) in [6.45, 7) is 3.32. The lowest BCUT2D eigenvalue weighted by Gasteiger charge is -2.18. The molecule has 0 radical (unpaired) electrons. The molecule has 0 aliphatic heterocycles. The van der Waals surface area contributed by atoms with Crippen LogP contribution in [0.4, 0.5) is 13.2 Å². The highest BCUT2D eigenvalue weighted by Gasteiger charge is 2.31. The van der Waals surface area contributed by atoms with Gasteiger partial charge in [-0.15, -0.1) is 0 Å². The van der Waals surface area contributed by atoms with Crippen LogP contribution < -0.4 is 5.56 Å². The van der Waals surface area contributed by atoms with Gasteiger partial charge in [0.25, 0.3) is 5.56 Å². The molecule has 1 N–H and O–H groups in total. The highest BCUT2D eigenvalue weighted by Crippen LogP contribution is 2.28. The molecule has 1 aromatic rings. The molecule has 21 heavy (non-hydrogen) atoms. The lowest BCUT2D eigenvalue weighted by Crippen LogP contribution is -2.24. The van der Waals surface area contributed by atoms with Crippen molar-refractivity contribution in [3.8, 4) is 0 Å². The summed E-state index contributed by atoms with van der Waals surface area (Å²) in [5.41, 5.74) is -2.24. The average Bonchev–Trinajstić information content (AvgIpc) is 2.34. The maximum atomic E-state index is 12.6. The summed E-state index contributed by atoms with van der Waals surface area (Å²) in [4.78, 5) is 22.4. The number of carboxylic acid groups (broad SMARTS) is 1. The van der Waals surface area contributed by atoms with Crippen LogP contribution in [-0.4, -0.2) is 15.6 Å². The van der Waals surface area contributed by atoms with E-state index in [1.165, 1.54) is 0 Å². The summed E-state index contributed by atoms with van der Waals surface area (Å²) in [7, 11) is 0. The summed E-state index contributed by atoms with van der Waals surface area (Å²) in [5, 5.41) is 8.95. The van der Waals surface area contributed by atoms with E-state index in [9.17, 15) is 22.8 Å². The molecule has 0 aromatic carbocycles. The fourth-order valence-corrected chi connectivity index (χ4v) is 1.83. The predicted octanol–water partition coefficient (Wildman–Crippen LogP) is 3.15. The van der Waals surface area contributed by atoms with Crippen molar-refractivity contribution in [3.05, 3.63) is 34.2 Å². The molecule has 1 heterocycles. The Hall–Kier alpha value is -1.79. The number of nitrogens with zero attached hydrogens (tertiary/aromatic N) is 1. The monoisotopic (exact) mass is 305 g/mol. The first-order valence-electron chi connectivity index (χ1n) is 6.55. The second kappa shape index (κ2) is 6.32. The smallest absolute Gasteiger partial charge is 0.417 e. The van der Waals surface area contributed by atoms with Gasteiger partial charge in [0.2, 0.25) is 0 Å². The Labute approximate surface area is 120 Å². The lowest BCUT2D eigenvalue weighted by atomic mass is 9.87. The van der Waals surface area contributed by atoms with Gasteiger partial charge in [-0.3, -0.25) is 9.59 Å². The molecule has 0 saturated heterocycles. The van der Waals surface area contributed by atoms with Gasteiger partial charge < -0.3 is 9.67 Å². The van der Waals surface area contributed by atoms with Gasteiger partial charge in [-0.05, 0) is 32.8 Å². The number of carbonyl (C=O) groups is 1. The summed E-state index contributed by atoms with van der Waals surface area (Å²) >= 11 is 0. The molecular weight excluding hydrogens is 287 g/mol. The van der Waals surface area contributed by atoms with Crippen LogP contribution >= 0.6 is 0 Å². The fourth-order valence-electron chi connectivity index (χ4n) is 1.83. The molecule has 0 fully saturated rings. The predicted molar refractivity (Wildman–Crippen MR) is 71.0 cm³/mol. The first kappa shape index (κ1) is 17.3. The quantitative estimate of drug-likeness (QED) is 0.821. The molecule has 0 aliphatic carbocycles. The number of halogens is 3. The van der Waals surface area contributed by atoms with Crippen molar-refractivity contribution in [1.82, 2.24) is 4.57 Å². The zero-order valence-electron chi connectivity index (χ0n) is 11.9. The van der Waals surface area contributed by atoms with Gasteiger partial charge in [0.15, 0.2) is 0 Å². The van der Waals surface area contributed by atoms with Crippen LogP contribution in [0.5, 0.6) is 0 Å². The topological polar surface area (TPSA) is 59.3 Å². The van der Waals surface area contributed by atoms with Crippen LogP contribution in [0.3, 0.4) is 0 Å². The van der Waals surface area contributed by atoms with Crippen LogP contribution in [0, 0.1) is 5.41 Å². The minimum Gasteiger partial charge on any atom is -0.481 e. The first-order chi connectivity index (χ1) is 9.54. The molecule has 1 rings (SSSR count). The zero-order valence-corrected chi connectivity index (χ0v) is 11.9. The fraction of sp³-hybridized carbons (Fsp3) is 0.571. The Morgan fingerprint density at radius 3 is 2.38 bits per heavy atom. The van der Waals surface area contributed by atoms with Crippen molar-refractivity contribution in [2.24, 2.45) is 5.41 Å². The first-order valence-corrected chi connectivity index (χ1v) is 6.55. The van der Waals surface area contributed by atoms with Gasteiger partial charge in [-0.2, -0.15) is 13.2 Å². The number of aliphatic carboxylic acids is 1. The molecule has 0 amide bonds. The van der Waals surface area contributed by atoms with E-state index in [2.05, 4.69) is 0 Å². The Kier molecular flexibility index (Phi) is 5.20. The molecule has 0 spiro atoms. The molecule has 0 bridgehead atoms. The number of hydrogen-bond acceptors (Lipinski definition) is 2. The number of unbranched alkanes of at least 4 members (excludes halogenated alkanes) is 1. The molecule has 0 unspecified atom stereocenters. The van der Waals surface area contributed by atoms with Gasteiger partial charge in [-0.1, -0.05) is 6.42 Å². The van der Waals surface area contributed by atoms with Gasteiger partial charge in [0.05, 0.1) is 11.0 Å². The lowest BCUT2D eigenvalue weighted by molar-refractivity contribution is -0.147. The average molecular weight is 305 g/mol. The molecule has 7 heteroatoms. The van der Waals surface area contributed by atoms with E-state index >= 15 is 0 Å². The van der Waals surface area contributed by atoms with Gasteiger partial charge in [-0.25, -0.2) is 0 Å². The molecule has 1 aromatic heterocycles. The van der Waals surface area contributed by atoms with E-state index in [1.54, 1.807) is 13.8 Å². The molecular formula is C14H18F3NO3. The number of hydrogen-bond donors (Lipinski definition) is 1. The zero-order chi connectivity index (χ0) is 16.3. The SMILES string of the molecule is CC(C)(CCCCn1cc(C(F)(F)F)ccc1=O)C(=O)O. The second-order valence-corrected chi connectivity index (χ2v) is 5.59. The summed E-state index contributed by atoms with van der Waals surface area (Å²) in [6, 6.07) is 1.65. The minimum atomic E-state index is -4.49. The van der Waals surface area contributed by atoms with E-state index in [0.29, 0.717) is 19.3 Å². The standard InChI is InChI=1S/C14H18F3NO3/c1-13(2,12(20)21)7-3-4-8-18-9-10(14(15,16)17)5-6-11(18)19/h5-6,9H,3-4,7-8H2,1-2H3,(H,20,21). The summed E-state index contributed by atoms with van der Waals surface area (Å²) < 4.78 is 38.7. The maximum Gasteiger partial charge on any atom is 0.417 e. The second-order valence-electron chi connectivity index (χ2n) is 5.59. The molecule has 0 atom stereocenters. The van der Waals surface area contributed by atoms with Crippen molar-refractivity contribution in [1.29, 1.82) is 0 Å². The van der Waals surface area contributed by atoms with Crippen molar-refractivity contribution in [2.75, 3.05) is 0 Å². The normalized spacial score (nSPS) is 12.4. The Morgan fingerprint density at radius 2 is 1.86 bits per heavy atom. The number of aromatic nitrogens is 1. The van der Waals surface area contributed by atoms with Gasteiger partial charge >= 0.3 is 12.1 Å². The van der Waals surface area contributed by atoms with Crippen LogP contribution in [-0.2, 0) is 17.5 Å². The summed E-state index contributed by atoms with van der Waals surface area (Å²) in [6.07, 6.45) is -2.33. The van der Waals surface area contributed by atoms with Crippen molar-refractivity contribution in [2.45, 2.75) is 45.8 Å². The molecule has 0 saturated carbocycles. The minimum absolute atomic E-state index is 0.137. The highest BCUT2D eigenvalue weighted by atomic mass is 19.4. The van der Waals surface area contributed by atoms with Gasteiger partial charge in [0.1, 0.15) is 0 Å². The van der Waals surface area contributed by atoms with Crippen molar-refractivity contribution < 1.29 is 23.1 Å². The molecule has 118 valence electrons.